The summed E-state index contributed by atoms with van der Waals surface area (Å²) in [5.41, 5.74) is 0. The van der Waals surface area contributed by atoms with E-state index in [1.54, 1.807) is 0 Å². The van der Waals surface area contributed by atoms with Gasteiger partial charge in [0.05, 0.1) is 12.5 Å². The number of carbonyl (C=O) groups is 1. The Balaban J connectivity index is 1.94. The second kappa shape index (κ2) is 4.16. The van der Waals surface area contributed by atoms with Crippen LogP contribution in [0.4, 0.5) is 0 Å². The molecule has 78 valence electrons. The van der Waals surface area contributed by atoms with Gasteiger partial charge in [0.15, 0.2) is 0 Å². The maximum absolute atomic E-state index is 11.5. The molecule has 0 N–H and O–H groups in total. The summed E-state index contributed by atoms with van der Waals surface area (Å²) in [5.74, 6) is 1.29. The fourth-order valence-electron chi connectivity index (χ4n) is 2.50. The Hall–Kier alpha value is -0.790. The van der Waals surface area contributed by atoms with E-state index in [9.17, 15) is 4.79 Å². The van der Waals surface area contributed by atoms with Crippen LogP contribution in [0.2, 0.25) is 0 Å². The predicted octanol–water partition coefficient (Wildman–Crippen LogP) is 2.54. The number of esters is 1. The van der Waals surface area contributed by atoms with Crippen molar-refractivity contribution in [3.63, 3.8) is 0 Å². The zero-order chi connectivity index (χ0) is 9.97. The van der Waals surface area contributed by atoms with Crippen LogP contribution >= 0.6 is 0 Å². The van der Waals surface area contributed by atoms with Crippen molar-refractivity contribution in [2.24, 2.45) is 17.8 Å². The lowest BCUT2D eigenvalue weighted by molar-refractivity contribution is -0.145. The van der Waals surface area contributed by atoms with Gasteiger partial charge in [0, 0.05) is 0 Å². The molecule has 0 heterocycles. The molecular formula is C12H18O2. The highest BCUT2D eigenvalue weighted by Gasteiger charge is 2.53. The molecule has 0 bridgehead atoms. The first-order valence-corrected chi connectivity index (χ1v) is 5.68. The van der Waals surface area contributed by atoms with Crippen molar-refractivity contribution < 1.29 is 9.53 Å². The Morgan fingerprint density at radius 2 is 2.36 bits per heavy atom. The van der Waals surface area contributed by atoms with Gasteiger partial charge < -0.3 is 4.74 Å². The van der Waals surface area contributed by atoms with Crippen molar-refractivity contribution in [3.05, 3.63) is 12.2 Å². The van der Waals surface area contributed by atoms with Crippen molar-refractivity contribution in [3.8, 4) is 0 Å². The molecule has 3 unspecified atom stereocenters. The second-order valence-corrected chi connectivity index (χ2v) is 4.23. The Morgan fingerprint density at radius 1 is 1.50 bits per heavy atom. The molecule has 2 nitrogen and oxygen atoms in total. The largest absolute Gasteiger partial charge is 0.466 e. The summed E-state index contributed by atoms with van der Waals surface area (Å²) in [4.78, 5) is 11.5. The Morgan fingerprint density at radius 3 is 3.14 bits per heavy atom. The minimum absolute atomic E-state index is 0.0223. The van der Waals surface area contributed by atoms with Crippen LogP contribution in [-0.2, 0) is 9.53 Å². The van der Waals surface area contributed by atoms with E-state index in [0.29, 0.717) is 18.4 Å². The molecule has 0 saturated heterocycles. The first-order chi connectivity index (χ1) is 6.84. The molecule has 0 aromatic carbocycles. The van der Waals surface area contributed by atoms with Crippen molar-refractivity contribution in [2.75, 3.05) is 6.61 Å². The quantitative estimate of drug-likeness (QED) is 0.499. The molecule has 2 aliphatic carbocycles. The molecule has 0 spiro atoms. The average Bonchev–Trinajstić information content (AvgIpc) is 2.77. The van der Waals surface area contributed by atoms with Gasteiger partial charge in [-0.05, 0) is 38.0 Å². The van der Waals surface area contributed by atoms with Crippen LogP contribution in [0.5, 0.6) is 0 Å². The highest BCUT2D eigenvalue weighted by molar-refractivity contribution is 5.77. The Bertz CT molecular complexity index is 245. The Labute approximate surface area is 85.3 Å². The fraction of sp³-hybridized carbons (Fsp3) is 0.750. The van der Waals surface area contributed by atoms with E-state index in [1.807, 2.05) is 6.92 Å². The molecule has 2 rings (SSSR count). The van der Waals surface area contributed by atoms with E-state index < -0.39 is 0 Å². The van der Waals surface area contributed by atoms with E-state index in [0.717, 1.165) is 0 Å². The first kappa shape index (κ1) is 9.75. The van der Waals surface area contributed by atoms with Crippen molar-refractivity contribution >= 4 is 5.97 Å². The van der Waals surface area contributed by atoms with Crippen molar-refractivity contribution in [1.29, 1.82) is 0 Å². The highest BCUT2D eigenvalue weighted by atomic mass is 16.5. The van der Waals surface area contributed by atoms with E-state index in [-0.39, 0.29) is 11.9 Å². The summed E-state index contributed by atoms with van der Waals surface area (Å²) in [6.07, 6.45) is 9.38. The zero-order valence-corrected chi connectivity index (χ0v) is 8.74. The monoisotopic (exact) mass is 194 g/mol. The Kier molecular flexibility index (Phi) is 2.90. The summed E-state index contributed by atoms with van der Waals surface area (Å²) in [6.45, 7) is 2.39. The van der Waals surface area contributed by atoms with Crippen LogP contribution in [0.25, 0.3) is 0 Å². The van der Waals surface area contributed by atoms with Crippen molar-refractivity contribution in [1.82, 2.24) is 0 Å². The van der Waals surface area contributed by atoms with E-state index in [4.69, 9.17) is 4.74 Å². The lowest BCUT2D eigenvalue weighted by Gasteiger charge is -2.00. The van der Waals surface area contributed by atoms with Gasteiger partial charge in [0.1, 0.15) is 0 Å². The molecule has 0 aliphatic heterocycles. The van der Waals surface area contributed by atoms with Crippen LogP contribution in [0.3, 0.4) is 0 Å². The summed E-state index contributed by atoms with van der Waals surface area (Å²) < 4.78 is 5.07. The van der Waals surface area contributed by atoms with E-state index >= 15 is 0 Å². The molecule has 14 heavy (non-hydrogen) atoms. The third-order valence-electron chi connectivity index (χ3n) is 3.30. The van der Waals surface area contributed by atoms with Gasteiger partial charge in [-0.1, -0.05) is 18.6 Å². The van der Waals surface area contributed by atoms with Crippen LogP contribution in [0.15, 0.2) is 12.2 Å². The molecule has 3 atom stereocenters. The van der Waals surface area contributed by atoms with Crippen LogP contribution in [-0.4, -0.2) is 12.6 Å². The summed E-state index contributed by atoms with van der Waals surface area (Å²) in [7, 11) is 0. The third kappa shape index (κ3) is 1.84. The van der Waals surface area contributed by atoms with E-state index in [2.05, 4.69) is 12.2 Å². The minimum Gasteiger partial charge on any atom is -0.466 e. The molecule has 0 radical (unpaired) electrons. The predicted molar refractivity (Wildman–Crippen MR) is 54.7 cm³/mol. The molecule has 1 saturated carbocycles. The molecule has 2 aliphatic rings. The normalized spacial score (nSPS) is 37.6. The van der Waals surface area contributed by atoms with Gasteiger partial charge in [-0.15, -0.1) is 0 Å². The van der Waals surface area contributed by atoms with Crippen LogP contribution < -0.4 is 0 Å². The molecule has 0 amide bonds. The maximum Gasteiger partial charge on any atom is 0.309 e. The number of ether oxygens (including phenoxy) is 1. The number of hydrogen-bond acceptors (Lipinski definition) is 2. The van der Waals surface area contributed by atoms with Crippen LogP contribution in [0.1, 0.15) is 32.6 Å². The third-order valence-corrected chi connectivity index (χ3v) is 3.30. The molecule has 0 aromatic heterocycles. The van der Waals surface area contributed by atoms with Gasteiger partial charge >= 0.3 is 5.97 Å². The second-order valence-electron chi connectivity index (χ2n) is 4.23. The van der Waals surface area contributed by atoms with Gasteiger partial charge in [0.25, 0.3) is 0 Å². The molecule has 2 heteroatoms. The van der Waals surface area contributed by atoms with Gasteiger partial charge in [0.2, 0.25) is 0 Å². The summed E-state index contributed by atoms with van der Waals surface area (Å²) in [6, 6.07) is 0. The van der Waals surface area contributed by atoms with Crippen molar-refractivity contribution in [2.45, 2.75) is 32.6 Å². The lowest BCUT2D eigenvalue weighted by Crippen LogP contribution is -2.08. The first-order valence-electron chi connectivity index (χ1n) is 5.68. The topological polar surface area (TPSA) is 26.3 Å². The van der Waals surface area contributed by atoms with Gasteiger partial charge in [-0.25, -0.2) is 0 Å². The number of rotatable bonds is 2. The highest BCUT2D eigenvalue weighted by Crippen LogP contribution is 2.51. The zero-order valence-electron chi connectivity index (χ0n) is 8.74. The molecular weight excluding hydrogens is 176 g/mol. The molecule has 1 fully saturated rings. The fourth-order valence-corrected chi connectivity index (χ4v) is 2.50. The number of fused-ring (bicyclic) bond motifs is 1. The minimum atomic E-state index is 0.0223. The standard InChI is InChI=1S/C12H18O2/c1-2-14-12(13)11-9-7-5-3-4-6-8-10(9)11/h5,7,9-11H,2-4,6,8H2,1H3/b7-5+. The van der Waals surface area contributed by atoms with Gasteiger partial charge in [-0.3, -0.25) is 4.79 Å². The summed E-state index contributed by atoms with van der Waals surface area (Å²) in [5, 5.41) is 0. The lowest BCUT2D eigenvalue weighted by atomic mass is 10.1. The van der Waals surface area contributed by atoms with Crippen LogP contribution in [0, 0.1) is 17.8 Å². The number of hydrogen-bond donors (Lipinski definition) is 0. The molecule has 0 aromatic rings. The average molecular weight is 194 g/mol. The van der Waals surface area contributed by atoms with Gasteiger partial charge in [-0.2, -0.15) is 0 Å². The number of carbonyl (C=O) groups excluding carboxylic acids is 1. The SMILES string of the molecule is CCOC(=O)C1C2/C=C/CCCCC21. The summed E-state index contributed by atoms with van der Waals surface area (Å²) >= 11 is 0. The van der Waals surface area contributed by atoms with E-state index in [1.165, 1.54) is 25.7 Å². The smallest absolute Gasteiger partial charge is 0.309 e. The number of allylic oxidation sites excluding steroid dienone is 2. The maximum atomic E-state index is 11.5.